The van der Waals surface area contributed by atoms with Gasteiger partial charge in [-0.2, -0.15) is 26.3 Å². The Morgan fingerprint density at radius 1 is 0.710 bits per heavy atom. The molecule has 10 heteroatoms. The molecular weight excluding hydrogens is 432 g/mol. The molecule has 2 nitrogen and oxygen atoms in total. The Morgan fingerprint density at radius 2 is 1.13 bits per heavy atom. The Morgan fingerprint density at radius 3 is 1.52 bits per heavy atom. The molecule has 0 unspecified atom stereocenters. The summed E-state index contributed by atoms with van der Waals surface area (Å²) in [4.78, 5) is 0. The molecule has 1 N–H and O–H groups in total. The first-order valence-corrected chi connectivity index (χ1v) is 8.88. The molecule has 0 atom stereocenters. The van der Waals surface area contributed by atoms with E-state index in [1.807, 2.05) is 0 Å². The highest BCUT2D eigenvalue weighted by Gasteiger charge is 2.72. The molecule has 1 heterocycles. The zero-order valence-corrected chi connectivity index (χ0v) is 16.2. The number of rotatable bonds is 4. The molecule has 0 saturated heterocycles. The standard InChI is InChI=1S/C21H16F8N2/c1-30-19(20(24,25)26,21(27,28)29)17-11-16(12-3-7-14(22)8-4-12)18(31(17)2)13-5-9-15(23)10-6-13/h3-11,30H,1-2H3. The molecule has 0 bridgehead atoms. The van der Waals surface area contributed by atoms with Crippen molar-refractivity contribution in [3.05, 3.63) is 71.9 Å². The van der Waals surface area contributed by atoms with Crippen LogP contribution in [-0.2, 0) is 12.6 Å². The minimum absolute atomic E-state index is 0.00256. The summed E-state index contributed by atoms with van der Waals surface area (Å²) in [5.74, 6) is -1.25. The zero-order chi connectivity index (χ0) is 23.2. The van der Waals surface area contributed by atoms with Crippen LogP contribution in [0.1, 0.15) is 5.69 Å². The van der Waals surface area contributed by atoms with Crippen LogP contribution < -0.4 is 5.32 Å². The second-order valence-electron chi connectivity index (χ2n) is 6.86. The molecule has 166 valence electrons. The average molecular weight is 448 g/mol. The number of aromatic nitrogens is 1. The monoisotopic (exact) mass is 448 g/mol. The maximum Gasteiger partial charge on any atom is 0.421 e. The first-order valence-electron chi connectivity index (χ1n) is 8.88. The van der Waals surface area contributed by atoms with E-state index in [9.17, 15) is 35.1 Å². The fourth-order valence-electron chi connectivity index (χ4n) is 3.63. The summed E-state index contributed by atoms with van der Waals surface area (Å²) in [5.41, 5.74) is -5.14. The van der Waals surface area contributed by atoms with Crippen LogP contribution in [-0.4, -0.2) is 24.0 Å². The van der Waals surface area contributed by atoms with Crippen molar-refractivity contribution in [1.29, 1.82) is 0 Å². The summed E-state index contributed by atoms with van der Waals surface area (Å²) in [6.45, 7) is 0. The Labute approximate surface area is 172 Å². The summed E-state index contributed by atoms with van der Waals surface area (Å²) < 4.78 is 111. The average Bonchev–Trinajstić information content (AvgIpc) is 2.99. The van der Waals surface area contributed by atoms with E-state index < -0.39 is 35.2 Å². The number of benzene rings is 2. The molecule has 2 aromatic carbocycles. The predicted octanol–water partition coefficient (Wildman–Crippen LogP) is 6.18. The maximum atomic E-state index is 13.9. The second kappa shape index (κ2) is 7.67. The van der Waals surface area contributed by atoms with Crippen LogP contribution in [0.5, 0.6) is 0 Å². The van der Waals surface area contributed by atoms with Crippen molar-refractivity contribution in [1.82, 2.24) is 9.88 Å². The highest BCUT2D eigenvalue weighted by molar-refractivity contribution is 5.83. The van der Waals surface area contributed by atoms with E-state index in [0.717, 1.165) is 41.9 Å². The molecule has 31 heavy (non-hydrogen) atoms. The van der Waals surface area contributed by atoms with Gasteiger partial charge in [0.25, 0.3) is 5.54 Å². The smallest absolute Gasteiger partial charge is 0.345 e. The molecule has 0 amide bonds. The van der Waals surface area contributed by atoms with E-state index in [-0.39, 0.29) is 22.4 Å². The number of alkyl halides is 6. The lowest BCUT2D eigenvalue weighted by Crippen LogP contribution is -2.63. The van der Waals surface area contributed by atoms with Crippen LogP contribution in [0.2, 0.25) is 0 Å². The third-order valence-corrected chi connectivity index (χ3v) is 5.12. The Kier molecular flexibility index (Phi) is 5.64. The molecule has 0 aliphatic rings. The molecule has 0 aliphatic carbocycles. The lowest BCUT2D eigenvalue weighted by Gasteiger charge is -2.37. The summed E-state index contributed by atoms with van der Waals surface area (Å²) in [6.07, 6.45) is -11.5. The molecule has 0 saturated carbocycles. The Hall–Kier alpha value is -2.88. The van der Waals surface area contributed by atoms with Crippen molar-refractivity contribution in [2.45, 2.75) is 17.9 Å². The SMILES string of the molecule is CNC(c1cc(-c2ccc(F)cc2)c(-c2ccc(F)cc2)n1C)(C(F)(F)F)C(F)(F)F. The first kappa shape index (κ1) is 22.8. The van der Waals surface area contributed by atoms with E-state index in [1.165, 1.54) is 29.6 Å². The lowest BCUT2D eigenvalue weighted by atomic mass is 9.92. The summed E-state index contributed by atoms with van der Waals surface area (Å²) in [7, 11) is 1.63. The molecule has 1 aromatic heterocycles. The minimum atomic E-state index is -5.74. The van der Waals surface area contributed by atoms with Crippen molar-refractivity contribution in [3.63, 3.8) is 0 Å². The maximum absolute atomic E-state index is 13.9. The molecule has 0 fully saturated rings. The van der Waals surface area contributed by atoms with E-state index in [1.54, 1.807) is 0 Å². The molecule has 0 spiro atoms. The number of nitrogens with one attached hydrogen (secondary N) is 1. The first-order chi connectivity index (χ1) is 14.3. The van der Waals surface area contributed by atoms with E-state index in [4.69, 9.17) is 0 Å². The van der Waals surface area contributed by atoms with E-state index >= 15 is 0 Å². The van der Waals surface area contributed by atoms with Crippen molar-refractivity contribution >= 4 is 0 Å². The van der Waals surface area contributed by atoms with Gasteiger partial charge in [0.2, 0.25) is 0 Å². The van der Waals surface area contributed by atoms with Gasteiger partial charge in [-0.25, -0.2) is 8.78 Å². The number of hydrogen-bond donors (Lipinski definition) is 1. The molecule has 0 radical (unpaired) electrons. The van der Waals surface area contributed by atoms with Gasteiger partial charge in [-0.15, -0.1) is 0 Å². The zero-order valence-electron chi connectivity index (χ0n) is 16.2. The third kappa shape index (κ3) is 3.69. The largest absolute Gasteiger partial charge is 0.421 e. The highest BCUT2D eigenvalue weighted by atomic mass is 19.4. The van der Waals surface area contributed by atoms with Crippen molar-refractivity contribution in [3.8, 4) is 22.4 Å². The van der Waals surface area contributed by atoms with Gasteiger partial charge < -0.3 is 4.57 Å². The fourth-order valence-corrected chi connectivity index (χ4v) is 3.63. The van der Waals surface area contributed by atoms with Crippen LogP contribution in [0, 0.1) is 11.6 Å². The quantitative estimate of drug-likeness (QED) is 0.472. The van der Waals surface area contributed by atoms with Gasteiger partial charge >= 0.3 is 12.4 Å². The Bertz CT molecular complexity index is 1050. The molecule has 3 rings (SSSR count). The van der Waals surface area contributed by atoms with Crippen molar-refractivity contribution < 1.29 is 35.1 Å². The van der Waals surface area contributed by atoms with Crippen LogP contribution >= 0.6 is 0 Å². The van der Waals surface area contributed by atoms with Crippen LogP contribution in [0.15, 0.2) is 54.6 Å². The molecule has 3 aromatic rings. The minimum Gasteiger partial charge on any atom is -0.345 e. The summed E-state index contributed by atoms with van der Waals surface area (Å²) in [6, 6.07) is 9.87. The third-order valence-electron chi connectivity index (χ3n) is 5.12. The Balaban J connectivity index is 2.41. The topological polar surface area (TPSA) is 17.0 Å². The van der Waals surface area contributed by atoms with Crippen LogP contribution in [0.25, 0.3) is 22.4 Å². The van der Waals surface area contributed by atoms with Crippen LogP contribution in [0.4, 0.5) is 35.1 Å². The van der Waals surface area contributed by atoms with Gasteiger partial charge in [0, 0.05) is 12.6 Å². The highest BCUT2D eigenvalue weighted by Crippen LogP contribution is 2.52. The van der Waals surface area contributed by atoms with E-state index in [2.05, 4.69) is 0 Å². The number of nitrogens with zero attached hydrogens (tertiary/aromatic N) is 1. The lowest BCUT2D eigenvalue weighted by molar-refractivity contribution is -0.314. The van der Waals surface area contributed by atoms with Gasteiger partial charge in [0.1, 0.15) is 11.6 Å². The van der Waals surface area contributed by atoms with Crippen molar-refractivity contribution in [2.24, 2.45) is 7.05 Å². The van der Waals surface area contributed by atoms with Gasteiger partial charge in [-0.1, -0.05) is 12.1 Å². The summed E-state index contributed by atoms with van der Waals surface area (Å²) >= 11 is 0. The van der Waals surface area contributed by atoms with Crippen LogP contribution in [0.3, 0.4) is 0 Å². The fraction of sp³-hybridized carbons (Fsp3) is 0.238. The second-order valence-corrected chi connectivity index (χ2v) is 6.86. The molecule has 0 aliphatic heterocycles. The summed E-state index contributed by atoms with van der Waals surface area (Å²) in [5, 5.41) is 1.42. The number of halogens is 8. The predicted molar refractivity (Wildman–Crippen MR) is 99.0 cm³/mol. The van der Waals surface area contributed by atoms with Gasteiger partial charge in [0.15, 0.2) is 0 Å². The van der Waals surface area contributed by atoms with Gasteiger partial charge in [-0.05, 0) is 60.6 Å². The van der Waals surface area contributed by atoms with Gasteiger partial charge in [0.05, 0.1) is 11.4 Å². The van der Waals surface area contributed by atoms with Crippen molar-refractivity contribution in [2.75, 3.05) is 7.05 Å². The number of hydrogen-bond acceptors (Lipinski definition) is 1. The van der Waals surface area contributed by atoms with Gasteiger partial charge in [-0.3, -0.25) is 5.32 Å². The van der Waals surface area contributed by atoms with E-state index in [0.29, 0.717) is 7.05 Å². The normalized spacial score (nSPS) is 13.0. The molecular formula is C21H16F8N2.